The van der Waals surface area contributed by atoms with E-state index in [1.807, 2.05) is 30.3 Å². The van der Waals surface area contributed by atoms with Gasteiger partial charge in [0, 0.05) is 24.0 Å². The van der Waals surface area contributed by atoms with Crippen molar-refractivity contribution < 1.29 is 0 Å². The van der Waals surface area contributed by atoms with Gasteiger partial charge in [0.05, 0.1) is 5.69 Å². The number of rotatable bonds is 4. The lowest BCUT2D eigenvalue weighted by atomic mass is 10.1. The summed E-state index contributed by atoms with van der Waals surface area (Å²) in [4.78, 5) is 8.62. The van der Waals surface area contributed by atoms with E-state index < -0.39 is 0 Å². The van der Waals surface area contributed by atoms with Crippen LogP contribution in [0, 0.1) is 0 Å². The van der Waals surface area contributed by atoms with Gasteiger partial charge in [0.1, 0.15) is 0 Å². The van der Waals surface area contributed by atoms with Crippen LogP contribution in [0.4, 0.5) is 11.6 Å². The van der Waals surface area contributed by atoms with Crippen LogP contribution in [0.25, 0.3) is 11.3 Å². The lowest BCUT2D eigenvalue weighted by Gasteiger charge is -2.05. The number of nitrogens with two attached hydrogens (primary N) is 1. The summed E-state index contributed by atoms with van der Waals surface area (Å²) < 4.78 is 0. The molecule has 1 heterocycles. The van der Waals surface area contributed by atoms with Crippen LogP contribution in [0.5, 0.6) is 0 Å². The molecule has 0 unspecified atom stereocenters. The maximum atomic E-state index is 5.76. The molecule has 0 spiro atoms. The molecule has 4 heteroatoms. The molecule has 88 valence electrons. The Morgan fingerprint density at radius 3 is 2.94 bits per heavy atom. The van der Waals surface area contributed by atoms with Crippen molar-refractivity contribution in [3.05, 3.63) is 36.5 Å². The highest BCUT2D eigenvalue weighted by atomic mass is 15.1. The number of benzene rings is 1. The van der Waals surface area contributed by atoms with Crippen LogP contribution in [-0.4, -0.2) is 16.5 Å². The Kier molecular flexibility index (Phi) is 3.55. The molecular formula is C13H16N4. The Hall–Kier alpha value is -2.10. The van der Waals surface area contributed by atoms with Gasteiger partial charge in [0.2, 0.25) is 5.95 Å². The summed E-state index contributed by atoms with van der Waals surface area (Å²) in [5, 5.41) is 3.17. The monoisotopic (exact) mass is 228 g/mol. The first-order valence-electron chi connectivity index (χ1n) is 5.72. The SMILES string of the molecule is CCCNc1nccc(-c2cccc(N)c2)n1. The summed E-state index contributed by atoms with van der Waals surface area (Å²) in [5.41, 5.74) is 8.38. The van der Waals surface area contributed by atoms with Gasteiger partial charge in [-0.2, -0.15) is 0 Å². The van der Waals surface area contributed by atoms with Gasteiger partial charge in [0.15, 0.2) is 0 Å². The zero-order valence-corrected chi connectivity index (χ0v) is 9.85. The number of anilines is 2. The van der Waals surface area contributed by atoms with E-state index in [1.165, 1.54) is 0 Å². The maximum absolute atomic E-state index is 5.76. The molecule has 3 N–H and O–H groups in total. The third-order valence-corrected chi connectivity index (χ3v) is 2.37. The molecule has 0 radical (unpaired) electrons. The van der Waals surface area contributed by atoms with E-state index in [1.54, 1.807) is 6.20 Å². The first kappa shape index (κ1) is 11.4. The molecule has 0 aliphatic rings. The number of nitrogens with zero attached hydrogens (tertiary/aromatic N) is 2. The van der Waals surface area contributed by atoms with Crippen molar-refractivity contribution in [2.24, 2.45) is 0 Å². The molecular weight excluding hydrogens is 212 g/mol. The normalized spacial score (nSPS) is 10.2. The highest BCUT2D eigenvalue weighted by Crippen LogP contribution is 2.19. The molecule has 0 aliphatic carbocycles. The van der Waals surface area contributed by atoms with Crippen LogP contribution in [0.15, 0.2) is 36.5 Å². The van der Waals surface area contributed by atoms with Crippen molar-refractivity contribution in [3.63, 3.8) is 0 Å². The van der Waals surface area contributed by atoms with Crippen molar-refractivity contribution in [2.75, 3.05) is 17.6 Å². The molecule has 0 saturated heterocycles. The largest absolute Gasteiger partial charge is 0.399 e. The molecule has 2 aromatic rings. The van der Waals surface area contributed by atoms with E-state index in [0.29, 0.717) is 5.95 Å². The highest BCUT2D eigenvalue weighted by molar-refractivity contribution is 5.64. The Morgan fingerprint density at radius 2 is 2.18 bits per heavy atom. The smallest absolute Gasteiger partial charge is 0.223 e. The minimum atomic E-state index is 0.659. The van der Waals surface area contributed by atoms with Gasteiger partial charge in [-0.1, -0.05) is 19.1 Å². The Balaban J connectivity index is 2.26. The number of aromatic nitrogens is 2. The van der Waals surface area contributed by atoms with Crippen molar-refractivity contribution in [2.45, 2.75) is 13.3 Å². The fourth-order valence-electron chi connectivity index (χ4n) is 1.54. The predicted molar refractivity (Wildman–Crippen MR) is 70.7 cm³/mol. The van der Waals surface area contributed by atoms with Gasteiger partial charge >= 0.3 is 0 Å². The van der Waals surface area contributed by atoms with E-state index in [-0.39, 0.29) is 0 Å². The van der Waals surface area contributed by atoms with Crippen LogP contribution in [-0.2, 0) is 0 Å². The van der Waals surface area contributed by atoms with Crippen LogP contribution in [0.3, 0.4) is 0 Å². The number of nitrogen functional groups attached to an aromatic ring is 1. The third-order valence-electron chi connectivity index (χ3n) is 2.37. The van der Waals surface area contributed by atoms with E-state index in [0.717, 1.165) is 29.9 Å². The lowest BCUT2D eigenvalue weighted by Crippen LogP contribution is -2.04. The summed E-state index contributed by atoms with van der Waals surface area (Å²) >= 11 is 0. The zero-order valence-electron chi connectivity index (χ0n) is 9.85. The second kappa shape index (κ2) is 5.30. The lowest BCUT2D eigenvalue weighted by molar-refractivity contribution is 0.953. The Labute approximate surface area is 101 Å². The van der Waals surface area contributed by atoms with Crippen LogP contribution >= 0.6 is 0 Å². The molecule has 0 aliphatic heterocycles. The molecule has 0 atom stereocenters. The van der Waals surface area contributed by atoms with Crippen molar-refractivity contribution in [1.29, 1.82) is 0 Å². The number of nitrogens with one attached hydrogen (secondary N) is 1. The van der Waals surface area contributed by atoms with E-state index in [9.17, 15) is 0 Å². The number of hydrogen-bond acceptors (Lipinski definition) is 4. The molecule has 0 fully saturated rings. The van der Waals surface area contributed by atoms with Crippen LogP contribution in [0.1, 0.15) is 13.3 Å². The summed E-state index contributed by atoms with van der Waals surface area (Å²) in [6.45, 7) is 2.98. The van der Waals surface area contributed by atoms with E-state index >= 15 is 0 Å². The predicted octanol–water partition coefficient (Wildman–Crippen LogP) is 2.55. The van der Waals surface area contributed by atoms with Gasteiger partial charge in [-0.25, -0.2) is 9.97 Å². The molecule has 0 amide bonds. The van der Waals surface area contributed by atoms with Gasteiger partial charge < -0.3 is 11.1 Å². The molecule has 1 aromatic heterocycles. The first-order valence-corrected chi connectivity index (χ1v) is 5.72. The van der Waals surface area contributed by atoms with Gasteiger partial charge in [0.25, 0.3) is 0 Å². The molecule has 4 nitrogen and oxygen atoms in total. The third kappa shape index (κ3) is 2.93. The van der Waals surface area contributed by atoms with Gasteiger partial charge in [-0.3, -0.25) is 0 Å². The topological polar surface area (TPSA) is 63.8 Å². The van der Waals surface area contributed by atoms with E-state index in [2.05, 4.69) is 22.2 Å². The zero-order chi connectivity index (χ0) is 12.1. The van der Waals surface area contributed by atoms with Crippen molar-refractivity contribution in [1.82, 2.24) is 9.97 Å². The van der Waals surface area contributed by atoms with Crippen molar-refractivity contribution in [3.8, 4) is 11.3 Å². The fourth-order valence-corrected chi connectivity index (χ4v) is 1.54. The Bertz CT molecular complexity index is 496. The van der Waals surface area contributed by atoms with Gasteiger partial charge in [-0.15, -0.1) is 0 Å². The quantitative estimate of drug-likeness (QED) is 0.789. The summed E-state index contributed by atoms with van der Waals surface area (Å²) in [6.07, 6.45) is 2.80. The highest BCUT2D eigenvalue weighted by Gasteiger charge is 2.01. The summed E-state index contributed by atoms with van der Waals surface area (Å²) in [6, 6.07) is 9.56. The average Bonchev–Trinajstić information content (AvgIpc) is 2.37. The molecule has 0 saturated carbocycles. The minimum absolute atomic E-state index is 0.659. The first-order chi connectivity index (χ1) is 8.29. The van der Waals surface area contributed by atoms with Crippen LogP contribution in [0.2, 0.25) is 0 Å². The number of hydrogen-bond donors (Lipinski definition) is 2. The summed E-state index contributed by atoms with van der Waals surface area (Å²) in [5.74, 6) is 0.659. The second-order valence-electron chi connectivity index (χ2n) is 3.82. The second-order valence-corrected chi connectivity index (χ2v) is 3.82. The van der Waals surface area contributed by atoms with E-state index in [4.69, 9.17) is 5.73 Å². The maximum Gasteiger partial charge on any atom is 0.223 e. The molecule has 2 rings (SSSR count). The van der Waals surface area contributed by atoms with Crippen LogP contribution < -0.4 is 11.1 Å². The summed E-state index contributed by atoms with van der Waals surface area (Å²) in [7, 11) is 0. The Morgan fingerprint density at radius 1 is 1.29 bits per heavy atom. The fraction of sp³-hybridized carbons (Fsp3) is 0.231. The molecule has 0 bridgehead atoms. The van der Waals surface area contributed by atoms with Crippen molar-refractivity contribution >= 4 is 11.6 Å². The minimum Gasteiger partial charge on any atom is -0.399 e. The average molecular weight is 228 g/mol. The van der Waals surface area contributed by atoms with Gasteiger partial charge in [-0.05, 0) is 24.6 Å². The molecule has 1 aromatic carbocycles. The molecule has 17 heavy (non-hydrogen) atoms. The standard InChI is InChI=1S/C13H16N4/c1-2-7-15-13-16-8-6-12(17-13)10-4-3-5-11(14)9-10/h3-6,8-9H,2,7,14H2,1H3,(H,15,16,17).